The predicted octanol–water partition coefficient (Wildman–Crippen LogP) is 3.44. The smallest absolute Gasteiger partial charge is 0.415 e. The zero-order valence-corrected chi connectivity index (χ0v) is 11.7. The lowest BCUT2D eigenvalue weighted by Crippen LogP contribution is -2.37. The van der Waals surface area contributed by atoms with Gasteiger partial charge in [0.2, 0.25) is 0 Å². The van der Waals surface area contributed by atoms with Crippen molar-refractivity contribution in [1.82, 2.24) is 0 Å². The summed E-state index contributed by atoms with van der Waals surface area (Å²) in [4.78, 5) is 22.7. The third-order valence-electron chi connectivity index (χ3n) is 2.85. The van der Waals surface area contributed by atoms with Gasteiger partial charge in [0.05, 0.1) is 22.7 Å². The molecule has 0 aliphatic carbocycles. The quantitative estimate of drug-likeness (QED) is 0.588. The van der Waals surface area contributed by atoms with Crippen LogP contribution in [-0.2, 0) is 10.7 Å². The van der Waals surface area contributed by atoms with Crippen molar-refractivity contribution < 1.29 is 23.2 Å². The highest BCUT2D eigenvalue weighted by molar-refractivity contribution is 5.91. The minimum absolute atomic E-state index is 0.0696. The normalized spacial score (nSPS) is 16.5. The first-order valence-corrected chi connectivity index (χ1v) is 6.18. The molecule has 1 aromatic rings. The van der Waals surface area contributed by atoms with Gasteiger partial charge in [-0.05, 0) is 26.8 Å². The topological polar surface area (TPSA) is 72.7 Å². The van der Waals surface area contributed by atoms with Crippen LogP contribution in [0.25, 0.3) is 0 Å². The van der Waals surface area contributed by atoms with Gasteiger partial charge in [0, 0.05) is 12.1 Å². The summed E-state index contributed by atoms with van der Waals surface area (Å²) in [7, 11) is 0. The van der Waals surface area contributed by atoms with E-state index in [1.165, 1.54) is 0 Å². The highest BCUT2D eigenvalue weighted by Gasteiger charge is 2.47. The van der Waals surface area contributed by atoms with Crippen LogP contribution in [0.5, 0.6) is 0 Å². The average molecular weight is 300 g/mol. The Labute approximate surface area is 119 Å². The monoisotopic (exact) mass is 300 g/mol. The zero-order valence-electron chi connectivity index (χ0n) is 11.7. The number of fused-ring (bicyclic) bond motifs is 1. The van der Waals surface area contributed by atoms with E-state index in [-0.39, 0.29) is 5.69 Å². The maximum Gasteiger partial charge on any atom is 0.415 e. The Bertz CT molecular complexity index is 611. The molecule has 8 heteroatoms. The number of ether oxygens (including phenoxy) is 1. The highest BCUT2D eigenvalue weighted by Crippen LogP contribution is 2.45. The number of hydrogen-bond acceptors (Lipinski definition) is 4. The Morgan fingerprint density at radius 2 is 2.05 bits per heavy atom. The molecule has 0 bridgehead atoms. The molecule has 0 radical (unpaired) electrons. The van der Waals surface area contributed by atoms with Crippen LogP contribution in [0.15, 0.2) is 18.2 Å². The molecule has 114 valence electrons. The number of nitro benzene ring substituents is 1. The number of anilines is 1. The van der Waals surface area contributed by atoms with E-state index in [4.69, 9.17) is 4.74 Å². The van der Waals surface area contributed by atoms with Crippen LogP contribution in [0.1, 0.15) is 26.3 Å². The first-order chi connectivity index (χ1) is 9.51. The Hall–Kier alpha value is -2.25. The van der Waals surface area contributed by atoms with Crippen molar-refractivity contribution >= 4 is 17.5 Å². The molecule has 1 amide bonds. The number of nitro groups is 1. The molecule has 0 atom stereocenters. The second-order valence-electron chi connectivity index (χ2n) is 5.73. The SMILES string of the molecule is CC(C)(C)OC(=O)N1CC(F)(F)c2cc([N+](=O)[O-])ccc21. The molecular weight excluding hydrogens is 286 g/mol. The fraction of sp³-hybridized carbons (Fsp3) is 0.462. The van der Waals surface area contributed by atoms with E-state index >= 15 is 0 Å². The number of rotatable bonds is 1. The van der Waals surface area contributed by atoms with E-state index in [0.717, 1.165) is 23.1 Å². The summed E-state index contributed by atoms with van der Waals surface area (Å²) < 4.78 is 33.0. The fourth-order valence-corrected chi connectivity index (χ4v) is 2.01. The Balaban J connectivity index is 2.40. The lowest BCUT2D eigenvalue weighted by Gasteiger charge is -2.24. The van der Waals surface area contributed by atoms with Gasteiger partial charge in [0.25, 0.3) is 11.6 Å². The first-order valence-electron chi connectivity index (χ1n) is 6.18. The Kier molecular flexibility index (Phi) is 3.35. The number of non-ortho nitro benzene ring substituents is 1. The summed E-state index contributed by atoms with van der Waals surface area (Å²) in [6.07, 6.45) is -0.908. The average Bonchev–Trinajstić information content (AvgIpc) is 2.59. The van der Waals surface area contributed by atoms with Crippen molar-refractivity contribution in [2.45, 2.75) is 32.3 Å². The van der Waals surface area contributed by atoms with Crippen LogP contribution in [0.3, 0.4) is 0 Å². The molecule has 0 saturated carbocycles. The van der Waals surface area contributed by atoms with Gasteiger partial charge in [0.1, 0.15) is 5.60 Å². The minimum Gasteiger partial charge on any atom is -0.443 e. The molecule has 6 nitrogen and oxygen atoms in total. The number of amides is 1. The zero-order chi connectivity index (χ0) is 16.0. The van der Waals surface area contributed by atoms with Crippen molar-refractivity contribution in [3.63, 3.8) is 0 Å². The minimum atomic E-state index is -3.35. The number of carbonyl (C=O) groups is 1. The highest BCUT2D eigenvalue weighted by atomic mass is 19.3. The predicted molar refractivity (Wildman–Crippen MR) is 70.6 cm³/mol. The number of nitrogens with zero attached hydrogens (tertiary/aromatic N) is 2. The van der Waals surface area contributed by atoms with Crippen molar-refractivity contribution in [2.75, 3.05) is 11.4 Å². The van der Waals surface area contributed by atoms with Gasteiger partial charge in [0.15, 0.2) is 0 Å². The third-order valence-corrected chi connectivity index (χ3v) is 2.85. The fourth-order valence-electron chi connectivity index (χ4n) is 2.01. The van der Waals surface area contributed by atoms with Gasteiger partial charge in [-0.1, -0.05) is 0 Å². The molecule has 0 spiro atoms. The van der Waals surface area contributed by atoms with Gasteiger partial charge in [-0.2, -0.15) is 8.78 Å². The molecule has 0 saturated heterocycles. The van der Waals surface area contributed by atoms with E-state index in [1.54, 1.807) is 20.8 Å². The van der Waals surface area contributed by atoms with Gasteiger partial charge in [-0.3, -0.25) is 15.0 Å². The molecule has 1 heterocycles. The molecule has 0 unspecified atom stereocenters. The second-order valence-corrected chi connectivity index (χ2v) is 5.73. The standard InChI is InChI=1S/C13H14F2N2O4/c1-12(2,3)21-11(18)16-7-13(14,15)9-6-8(17(19)20)4-5-10(9)16/h4-6H,7H2,1-3H3. The molecule has 21 heavy (non-hydrogen) atoms. The number of alkyl halides is 2. The summed E-state index contributed by atoms with van der Waals surface area (Å²) >= 11 is 0. The lowest BCUT2D eigenvalue weighted by atomic mass is 10.1. The Morgan fingerprint density at radius 3 is 2.57 bits per heavy atom. The van der Waals surface area contributed by atoms with Gasteiger partial charge >= 0.3 is 6.09 Å². The molecule has 1 aliphatic heterocycles. The van der Waals surface area contributed by atoms with Crippen LogP contribution >= 0.6 is 0 Å². The van der Waals surface area contributed by atoms with E-state index in [1.807, 2.05) is 0 Å². The summed E-state index contributed by atoms with van der Waals surface area (Å²) in [5.74, 6) is -3.35. The molecule has 1 aliphatic rings. The van der Waals surface area contributed by atoms with Gasteiger partial charge in [-0.15, -0.1) is 0 Å². The van der Waals surface area contributed by atoms with Crippen molar-refractivity contribution in [3.05, 3.63) is 33.9 Å². The van der Waals surface area contributed by atoms with Crippen LogP contribution in [0.4, 0.5) is 25.0 Å². The van der Waals surface area contributed by atoms with E-state index in [0.29, 0.717) is 0 Å². The third kappa shape index (κ3) is 2.93. The summed E-state index contributed by atoms with van der Waals surface area (Å²) in [6.45, 7) is 3.97. The number of halogens is 2. The summed E-state index contributed by atoms with van der Waals surface area (Å²) in [5, 5.41) is 10.7. The van der Waals surface area contributed by atoms with Crippen molar-refractivity contribution in [3.8, 4) is 0 Å². The van der Waals surface area contributed by atoms with Crippen molar-refractivity contribution in [1.29, 1.82) is 0 Å². The largest absolute Gasteiger partial charge is 0.443 e. The lowest BCUT2D eigenvalue weighted by molar-refractivity contribution is -0.385. The van der Waals surface area contributed by atoms with E-state index < -0.39 is 40.3 Å². The van der Waals surface area contributed by atoms with Crippen molar-refractivity contribution in [2.24, 2.45) is 0 Å². The summed E-state index contributed by atoms with van der Waals surface area (Å²) in [6, 6.07) is 3.01. The molecule has 2 rings (SSSR count). The second kappa shape index (κ2) is 4.64. The number of carbonyl (C=O) groups excluding carboxylic acids is 1. The van der Waals surface area contributed by atoms with Crippen LogP contribution in [0.2, 0.25) is 0 Å². The maximum atomic E-state index is 14.0. The molecule has 0 fully saturated rings. The molecule has 0 N–H and O–H groups in total. The number of hydrogen-bond donors (Lipinski definition) is 0. The van der Waals surface area contributed by atoms with Gasteiger partial charge in [-0.25, -0.2) is 4.79 Å². The van der Waals surface area contributed by atoms with Crippen LogP contribution in [0, 0.1) is 10.1 Å². The molecule has 1 aromatic carbocycles. The Morgan fingerprint density at radius 1 is 1.43 bits per heavy atom. The molecular formula is C13H14F2N2O4. The van der Waals surface area contributed by atoms with Crippen LogP contribution < -0.4 is 4.90 Å². The summed E-state index contributed by atoms with van der Waals surface area (Å²) in [5.41, 5.74) is -1.88. The first kappa shape index (κ1) is 15.1. The van der Waals surface area contributed by atoms with E-state index in [9.17, 15) is 23.7 Å². The van der Waals surface area contributed by atoms with Gasteiger partial charge < -0.3 is 4.74 Å². The van der Waals surface area contributed by atoms with Crippen LogP contribution in [-0.4, -0.2) is 23.2 Å². The number of benzene rings is 1. The van der Waals surface area contributed by atoms with E-state index in [2.05, 4.69) is 0 Å². The maximum absolute atomic E-state index is 14.0. The molecule has 0 aromatic heterocycles.